The molecule has 0 bridgehead atoms. The predicted molar refractivity (Wildman–Crippen MR) is 174 cm³/mol. The molecule has 0 spiro atoms. The van der Waals surface area contributed by atoms with Gasteiger partial charge in [-0.2, -0.15) is 0 Å². The van der Waals surface area contributed by atoms with Gasteiger partial charge in [0.15, 0.2) is 6.29 Å². The van der Waals surface area contributed by atoms with Crippen molar-refractivity contribution in [2.24, 2.45) is 35.5 Å². The number of methoxy groups -OCH3 is 1. The minimum atomic E-state index is -1.72. The highest BCUT2D eigenvalue weighted by molar-refractivity contribution is 5.73. The number of rotatable bonds is 6. The summed E-state index contributed by atoms with van der Waals surface area (Å²) in [5.74, 6) is -1.64. The van der Waals surface area contributed by atoms with Gasteiger partial charge in [0.2, 0.25) is 0 Å². The molecule has 0 aromatic carbocycles. The number of aliphatic hydroxyl groups excluding tert-OH is 2. The minimum Gasteiger partial charge on any atom is -0.459 e. The molecule has 2 rings (SSSR count). The van der Waals surface area contributed by atoms with Crippen LogP contribution in [0.5, 0.6) is 0 Å². The number of esters is 1. The molecule has 0 saturated carbocycles. The summed E-state index contributed by atoms with van der Waals surface area (Å²) in [6, 6.07) is -0.445. The highest BCUT2D eigenvalue weighted by Crippen LogP contribution is 2.44. The Hall–Kier alpha value is -0.850. The Labute approximate surface area is 273 Å². The third-order valence-corrected chi connectivity index (χ3v) is 11.5. The molecule has 0 aromatic heterocycles. The van der Waals surface area contributed by atoms with E-state index < -0.39 is 71.5 Å². The lowest BCUT2D eigenvalue weighted by molar-refractivity contribution is -0.299. The van der Waals surface area contributed by atoms with Crippen LogP contribution in [0.4, 0.5) is 0 Å². The molecule has 10 nitrogen and oxygen atoms in total. The molecule has 2 saturated heterocycles. The molecule has 2 aliphatic rings. The normalized spacial score (nSPS) is 47.5. The fourth-order valence-corrected chi connectivity index (χ4v) is 8.18. The summed E-state index contributed by atoms with van der Waals surface area (Å²) in [6.07, 6.45) is -4.15. The molecule has 15 atom stereocenters. The number of ether oxygens (including phenoxy) is 4. The molecule has 266 valence electrons. The number of nitrogens with zero attached hydrogens (tertiary/aromatic N) is 1. The Kier molecular flexibility index (Phi) is 14.0. The van der Waals surface area contributed by atoms with E-state index >= 15 is 0 Å². The number of aliphatic hydroxyl groups is 4. The number of cyclic esters (lactones) is 1. The minimum absolute atomic E-state index is 0.0480. The van der Waals surface area contributed by atoms with Crippen LogP contribution in [0.25, 0.3) is 0 Å². The summed E-state index contributed by atoms with van der Waals surface area (Å²) < 4.78 is 24.6. The summed E-state index contributed by atoms with van der Waals surface area (Å²) >= 11 is 0. The Morgan fingerprint density at radius 3 is 2.09 bits per heavy atom. The maximum absolute atomic E-state index is 14.0. The molecule has 2 heterocycles. The fraction of sp³-hybridized carbons (Fsp3) is 0.971. The number of likely N-dealkylation sites (N-methyl/N-ethyl adjacent to an activating group) is 1. The Bertz CT molecular complexity index is 944. The largest absolute Gasteiger partial charge is 0.459 e. The Balaban J connectivity index is 2.70. The molecule has 0 amide bonds. The van der Waals surface area contributed by atoms with Gasteiger partial charge in [-0.05, 0) is 91.0 Å². The maximum atomic E-state index is 14.0. The van der Waals surface area contributed by atoms with E-state index in [0.29, 0.717) is 19.4 Å². The van der Waals surface area contributed by atoms with Gasteiger partial charge < -0.3 is 44.3 Å². The molecule has 2 fully saturated rings. The molecule has 0 radical (unpaired) electrons. The molecule has 45 heavy (non-hydrogen) atoms. The van der Waals surface area contributed by atoms with Gasteiger partial charge in [-0.15, -0.1) is 0 Å². The highest BCUT2D eigenvalue weighted by Gasteiger charge is 2.51. The van der Waals surface area contributed by atoms with Crippen LogP contribution in [-0.4, -0.2) is 112 Å². The SMILES string of the molecule is CC[C@H]1OC(=O)[C@H](C)[C@@H](O[C@H]2C[C@@](C)(OC)[C@@H](O)[C@H](C)O2)C(C)[C@@H]([C@@H](C)C(C)C)[C@](C)(O)C[C@@H](C)CN(C)[C@H](C)[C@@H](O)[C@]1(C)O. The van der Waals surface area contributed by atoms with Crippen molar-refractivity contribution in [2.45, 2.75) is 162 Å². The van der Waals surface area contributed by atoms with Gasteiger partial charge in [0.05, 0.1) is 29.3 Å². The van der Waals surface area contributed by atoms with E-state index in [0.717, 1.165) is 0 Å². The lowest BCUT2D eigenvalue weighted by Crippen LogP contribution is -2.59. The average molecular weight is 646 g/mol. The van der Waals surface area contributed by atoms with Crippen molar-refractivity contribution >= 4 is 5.97 Å². The maximum Gasteiger partial charge on any atom is 0.311 e. The number of hydrogen-bond acceptors (Lipinski definition) is 10. The van der Waals surface area contributed by atoms with E-state index in [9.17, 15) is 25.2 Å². The molecule has 10 heteroatoms. The molecular weight excluding hydrogens is 578 g/mol. The van der Waals surface area contributed by atoms with Gasteiger partial charge in [0.25, 0.3) is 0 Å². The van der Waals surface area contributed by atoms with Crippen molar-refractivity contribution in [2.75, 3.05) is 20.7 Å². The van der Waals surface area contributed by atoms with Crippen molar-refractivity contribution in [1.82, 2.24) is 4.90 Å². The second kappa shape index (κ2) is 15.6. The third kappa shape index (κ3) is 8.99. The lowest BCUT2D eigenvalue weighted by Gasteiger charge is -2.49. The summed E-state index contributed by atoms with van der Waals surface area (Å²) in [4.78, 5) is 16.0. The van der Waals surface area contributed by atoms with Crippen LogP contribution in [0.2, 0.25) is 0 Å². The fourth-order valence-electron chi connectivity index (χ4n) is 8.18. The van der Waals surface area contributed by atoms with Gasteiger partial charge in [-0.25, -0.2) is 0 Å². The van der Waals surface area contributed by atoms with E-state index in [2.05, 4.69) is 27.7 Å². The van der Waals surface area contributed by atoms with Crippen LogP contribution in [0.15, 0.2) is 0 Å². The molecule has 4 N–H and O–H groups in total. The summed E-state index contributed by atoms with van der Waals surface area (Å²) in [7, 11) is 3.45. The highest BCUT2D eigenvalue weighted by atomic mass is 16.7. The van der Waals surface area contributed by atoms with Crippen molar-refractivity contribution in [1.29, 1.82) is 0 Å². The van der Waals surface area contributed by atoms with Crippen LogP contribution < -0.4 is 0 Å². The van der Waals surface area contributed by atoms with Gasteiger partial charge in [0, 0.05) is 26.1 Å². The quantitative estimate of drug-likeness (QED) is 0.314. The predicted octanol–water partition coefficient (Wildman–Crippen LogP) is 4.00. The summed E-state index contributed by atoms with van der Waals surface area (Å²) in [5.41, 5.74) is -3.78. The van der Waals surface area contributed by atoms with Gasteiger partial charge >= 0.3 is 5.97 Å². The standard InChI is InChI=1S/C35H67NO9/c1-15-26-35(12,41)30(37)24(8)36(13)18-20(4)16-33(10,40)28(21(5)19(2)3)22(6)29(23(7)32(39)44-26)45-27-17-34(11,42-14)31(38)25(9)43-27/h19-31,37-38,40-41H,15-18H2,1-14H3/t20-,21+,22?,23-,24-,25+,26-,27+,28-,29+,30-,31+,33-,34-,35-/m1/s1. The second-order valence-electron chi connectivity index (χ2n) is 15.7. The first kappa shape index (κ1) is 40.3. The van der Waals surface area contributed by atoms with E-state index in [1.54, 1.807) is 21.0 Å². The zero-order valence-electron chi connectivity index (χ0n) is 30.6. The molecule has 2 aliphatic heterocycles. The Morgan fingerprint density at radius 2 is 1.58 bits per heavy atom. The average Bonchev–Trinajstić information content (AvgIpc) is 2.94. The van der Waals surface area contributed by atoms with Gasteiger partial charge in [-0.1, -0.05) is 41.5 Å². The van der Waals surface area contributed by atoms with Crippen LogP contribution in [0.3, 0.4) is 0 Å². The van der Waals surface area contributed by atoms with Crippen molar-refractivity contribution in [3.63, 3.8) is 0 Å². The smallest absolute Gasteiger partial charge is 0.311 e. The summed E-state index contributed by atoms with van der Waals surface area (Å²) in [5, 5.41) is 46.2. The Morgan fingerprint density at radius 1 is 1.00 bits per heavy atom. The molecular formula is C35H67NO9. The number of carbonyl (C=O) groups is 1. The lowest BCUT2D eigenvalue weighted by atomic mass is 9.64. The van der Waals surface area contributed by atoms with E-state index in [1.807, 2.05) is 46.6 Å². The first-order valence-electron chi connectivity index (χ1n) is 17.1. The van der Waals surface area contributed by atoms with Crippen molar-refractivity contribution < 1.29 is 44.2 Å². The zero-order chi connectivity index (χ0) is 34.8. The van der Waals surface area contributed by atoms with Crippen LogP contribution in [0.1, 0.15) is 102 Å². The summed E-state index contributed by atoms with van der Waals surface area (Å²) in [6.45, 7) is 23.5. The first-order valence-corrected chi connectivity index (χ1v) is 17.1. The number of hydrogen-bond donors (Lipinski definition) is 4. The van der Waals surface area contributed by atoms with Gasteiger partial charge in [0.1, 0.15) is 23.9 Å². The zero-order valence-corrected chi connectivity index (χ0v) is 30.6. The van der Waals surface area contributed by atoms with Crippen LogP contribution in [0, 0.1) is 35.5 Å². The van der Waals surface area contributed by atoms with Crippen LogP contribution in [-0.2, 0) is 23.7 Å². The van der Waals surface area contributed by atoms with Crippen LogP contribution >= 0.6 is 0 Å². The first-order chi connectivity index (χ1) is 20.5. The van der Waals surface area contributed by atoms with E-state index in [1.165, 1.54) is 6.92 Å². The van der Waals surface area contributed by atoms with E-state index in [4.69, 9.17) is 18.9 Å². The van der Waals surface area contributed by atoms with Gasteiger partial charge in [-0.3, -0.25) is 4.79 Å². The van der Waals surface area contributed by atoms with E-state index in [-0.39, 0.29) is 36.0 Å². The monoisotopic (exact) mass is 645 g/mol. The third-order valence-electron chi connectivity index (χ3n) is 11.5. The van der Waals surface area contributed by atoms with Crippen molar-refractivity contribution in [3.8, 4) is 0 Å². The molecule has 1 unspecified atom stereocenters. The number of carbonyl (C=O) groups excluding carboxylic acids is 1. The second-order valence-corrected chi connectivity index (χ2v) is 15.7. The topological polar surface area (TPSA) is 138 Å². The van der Waals surface area contributed by atoms with Crippen molar-refractivity contribution in [3.05, 3.63) is 0 Å². The molecule has 0 aliphatic carbocycles. The molecule has 0 aromatic rings.